The second-order valence-corrected chi connectivity index (χ2v) is 7.15. The maximum absolute atomic E-state index is 12.4. The van der Waals surface area contributed by atoms with Gasteiger partial charge in [0.1, 0.15) is 0 Å². The summed E-state index contributed by atoms with van der Waals surface area (Å²) in [5, 5.41) is 4.63. The summed E-state index contributed by atoms with van der Waals surface area (Å²) in [6.45, 7) is 5.93. The Balaban J connectivity index is 1.84. The van der Waals surface area contributed by atoms with Crippen LogP contribution in [0.4, 0.5) is 10.5 Å². The quantitative estimate of drug-likeness (QED) is 0.690. The third kappa shape index (κ3) is 5.80. The maximum atomic E-state index is 12.4. The lowest BCUT2D eigenvalue weighted by Gasteiger charge is -2.19. The Bertz CT molecular complexity index is 747. The summed E-state index contributed by atoms with van der Waals surface area (Å²) < 4.78 is 4.99. The van der Waals surface area contributed by atoms with E-state index in [4.69, 9.17) is 4.74 Å². The first-order valence-electron chi connectivity index (χ1n) is 9.44. The van der Waals surface area contributed by atoms with Gasteiger partial charge in [-0.15, -0.1) is 0 Å². The van der Waals surface area contributed by atoms with Gasteiger partial charge in [-0.2, -0.15) is 0 Å². The fourth-order valence-electron chi connectivity index (χ4n) is 2.93. The van der Waals surface area contributed by atoms with Gasteiger partial charge >= 0.3 is 12.0 Å². The number of urea groups is 1. The van der Waals surface area contributed by atoms with Crippen molar-refractivity contribution in [3.05, 3.63) is 29.8 Å². The summed E-state index contributed by atoms with van der Waals surface area (Å²) in [6.07, 6.45) is 0.807. The second kappa shape index (κ2) is 9.87. The summed E-state index contributed by atoms with van der Waals surface area (Å²) in [6, 6.07) is 6.93. The molecule has 2 N–H and O–H groups in total. The van der Waals surface area contributed by atoms with Crippen molar-refractivity contribution in [1.29, 1.82) is 0 Å². The molecular formula is C20H27N3O5. The standard InChI is InChI=1S/C20H27N3O5/c1-4-14-7-5-6-8-16(14)23-11-15(9-18(23)25)19(26)28-12-17(24)22-20(27)21-10-13(2)3/h5-8,13,15H,4,9-12H2,1-3H3,(H2,21,22,24,27)/t15-/m0/s1. The molecule has 1 aromatic carbocycles. The van der Waals surface area contributed by atoms with E-state index in [9.17, 15) is 19.2 Å². The molecule has 8 heteroatoms. The largest absolute Gasteiger partial charge is 0.455 e. The lowest BCUT2D eigenvalue weighted by atomic mass is 10.1. The molecule has 1 atom stereocenters. The number of aryl methyl sites for hydroxylation is 1. The molecule has 0 unspecified atom stereocenters. The lowest BCUT2D eigenvalue weighted by molar-refractivity contribution is -0.152. The van der Waals surface area contributed by atoms with Gasteiger partial charge in [0.05, 0.1) is 5.92 Å². The lowest BCUT2D eigenvalue weighted by Crippen LogP contribution is -2.42. The minimum atomic E-state index is -0.716. The molecule has 0 radical (unpaired) electrons. The van der Waals surface area contributed by atoms with Gasteiger partial charge in [-0.3, -0.25) is 19.7 Å². The molecule has 1 aliphatic heterocycles. The Morgan fingerprint density at radius 3 is 2.64 bits per heavy atom. The summed E-state index contributed by atoms with van der Waals surface area (Å²) in [5.41, 5.74) is 1.82. The van der Waals surface area contributed by atoms with Crippen molar-refractivity contribution in [1.82, 2.24) is 10.6 Å². The number of para-hydroxylation sites is 1. The van der Waals surface area contributed by atoms with Crippen molar-refractivity contribution in [2.75, 3.05) is 24.6 Å². The number of carbonyl (C=O) groups is 4. The van der Waals surface area contributed by atoms with E-state index in [1.54, 1.807) is 4.90 Å². The van der Waals surface area contributed by atoms with Crippen LogP contribution >= 0.6 is 0 Å². The Kier molecular flexibility index (Phi) is 7.54. The molecule has 0 bridgehead atoms. The van der Waals surface area contributed by atoms with Crippen LogP contribution in [0.5, 0.6) is 0 Å². The first kappa shape index (κ1) is 21.4. The van der Waals surface area contributed by atoms with Gasteiger partial charge in [-0.05, 0) is 24.0 Å². The number of imide groups is 1. The zero-order valence-corrected chi connectivity index (χ0v) is 16.5. The fourth-order valence-corrected chi connectivity index (χ4v) is 2.93. The van der Waals surface area contributed by atoms with Crippen LogP contribution in [0.3, 0.4) is 0 Å². The number of rotatable bonds is 7. The number of nitrogens with zero attached hydrogens (tertiary/aromatic N) is 1. The highest BCUT2D eigenvalue weighted by Gasteiger charge is 2.37. The predicted molar refractivity (Wildman–Crippen MR) is 104 cm³/mol. The molecule has 1 aromatic rings. The molecule has 8 nitrogen and oxygen atoms in total. The highest BCUT2D eigenvalue weighted by atomic mass is 16.5. The number of hydrogen-bond donors (Lipinski definition) is 2. The fraction of sp³-hybridized carbons (Fsp3) is 0.500. The highest BCUT2D eigenvalue weighted by molar-refractivity contribution is 6.00. The van der Waals surface area contributed by atoms with Gasteiger partial charge in [-0.1, -0.05) is 39.0 Å². The van der Waals surface area contributed by atoms with Crippen molar-refractivity contribution < 1.29 is 23.9 Å². The molecular weight excluding hydrogens is 362 g/mol. The number of anilines is 1. The Morgan fingerprint density at radius 2 is 1.96 bits per heavy atom. The summed E-state index contributed by atoms with van der Waals surface area (Å²) in [5.74, 6) is -1.88. The number of nitrogens with one attached hydrogen (secondary N) is 2. The van der Waals surface area contributed by atoms with Crippen LogP contribution in [0.25, 0.3) is 0 Å². The Morgan fingerprint density at radius 1 is 1.25 bits per heavy atom. The van der Waals surface area contributed by atoms with Gasteiger partial charge in [0.15, 0.2) is 6.61 Å². The first-order chi connectivity index (χ1) is 13.3. The van der Waals surface area contributed by atoms with Gasteiger partial charge in [0.25, 0.3) is 5.91 Å². The van der Waals surface area contributed by atoms with Crippen LogP contribution in [-0.2, 0) is 25.5 Å². The number of amides is 4. The molecule has 152 valence electrons. The van der Waals surface area contributed by atoms with Crippen LogP contribution in [-0.4, -0.2) is 43.5 Å². The molecule has 1 aliphatic rings. The van der Waals surface area contributed by atoms with Crippen LogP contribution < -0.4 is 15.5 Å². The first-order valence-corrected chi connectivity index (χ1v) is 9.44. The van der Waals surface area contributed by atoms with Crippen molar-refractivity contribution in [3.8, 4) is 0 Å². The zero-order valence-electron chi connectivity index (χ0n) is 16.5. The Hall–Kier alpha value is -2.90. The van der Waals surface area contributed by atoms with Crippen LogP contribution in [0, 0.1) is 11.8 Å². The number of benzene rings is 1. The van der Waals surface area contributed by atoms with Crippen molar-refractivity contribution >= 4 is 29.5 Å². The molecule has 2 rings (SSSR count). The maximum Gasteiger partial charge on any atom is 0.321 e. The smallest absolute Gasteiger partial charge is 0.321 e. The Labute approximate surface area is 164 Å². The van der Waals surface area contributed by atoms with Gasteiger partial charge in [-0.25, -0.2) is 4.79 Å². The minimum Gasteiger partial charge on any atom is -0.455 e. The molecule has 1 heterocycles. The molecule has 0 saturated carbocycles. The topological polar surface area (TPSA) is 105 Å². The van der Waals surface area contributed by atoms with Crippen LogP contribution in [0.15, 0.2) is 24.3 Å². The number of ether oxygens (including phenoxy) is 1. The molecule has 0 aromatic heterocycles. The van der Waals surface area contributed by atoms with Crippen molar-refractivity contribution in [2.24, 2.45) is 11.8 Å². The summed E-state index contributed by atoms with van der Waals surface area (Å²) in [7, 11) is 0. The summed E-state index contributed by atoms with van der Waals surface area (Å²) >= 11 is 0. The number of hydrogen-bond acceptors (Lipinski definition) is 5. The van der Waals surface area contributed by atoms with Gasteiger partial charge < -0.3 is 15.0 Å². The zero-order chi connectivity index (χ0) is 20.7. The molecule has 4 amide bonds. The normalized spacial score (nSPS) is 16.2. The van der Waals surface area contributed by atoms with E-state index in [0.717, 1.165) is 17.7 Å². The SMILES string of the molecule is CCc1ccccc1N1C[C@@H](C(=O)OCC(=O)NC(=O)NCC(C)C)CC1=O. The second-order valence-electron chi connectivity index (χ2n) is 7.15. The highest BCUT2D eigenvalue weighted by Crippen LogP contribution is 2.29. The molecule has 28 heavy (non-hydrogen) atoms. The third-order valence-electron chi connectivity index (χ3n) is 4.39. The summed E-state index contributed by atoms with van der Waals surface area (Å²) in [4.78, 5) is 49.4. The molecule has 0 spiro atoms. The van der Waals surface area contributed by atoms with Crippen LogP contribution in [0.1, 0.15) is 32.8 Å². The predicted octanol–water partition coefficient (Wildman–Crippen LogP) is 1.63. The van der Waals surface area contributed by atoms with Crippen LogP contribution in [0.2, 0.25) is 0 Å². The minimum absolute atomic E-state index is 0.0351. The average Bonchev–Trinajstić information content (AvgIpc) is 3.06. The van der Waals surface area contributed by atoms with E-state index >= 15 is 0 Å². The third-order valence-corrected chi connectivity index (χ3v) is 4.39. The number of esters is 1. The van der Waals surface area contributed by atoms with E-state index in [2.05, 4.69) is 10.6 Å². The average molecular weight is 389 g/mol. The molecule has 0 aliphatic carbocycles. The molecule has 1 fully saturated rings. The van der Waals surface area contributed by atoms with E-state index < -0.39 is 30.4 Å². The number of carbonyl (C=O) groups excluding carboxylic acids is 4. The molecule has 1 saturated heterocycles. The van der Waals surface area contributed by atoms with Gasteiger partial charge in [0.2, 0.25) is 5.91 Å². The van der Waals surface area contributed by atoms with E-state index in [1.165, 1.54) is 0 Å². The van der Waals surface area contributed by atoms with Crippen molar-refractivity contribution in [2.45, 2.75) is 33.6 Å². The van der Waals surface area contributed by atoms with E-state index in [0.29, 0.717) is 6.54 Å². The van der Waals surface area contributed by atoms with Gasteiger partial charge in [0, 0.05) is 25.2 Å². The van der Waals surface area contributed by atoms with Crippen molar-refractivity contribution in [3.63, 3.8) is 0 Å². The van der Waals surface area contributed by atoms with E-state index in [1.807, 2.05) is 45.0 Å². The monoisotopic (exact) mass is 389 g/mol. The van der Waals surface area contributed by atoms with E-state index in [-0.39, 0.29) is 24.8 Å².